The summed E-state index contributed by atoms with van der Waals surface area (Å²) in [7, 11) is 3.95. The summed E-state index contributed by atoms with van der Waals surface area (Å²) in [5.41, 5.74) is 1.49. The number of nitrogens with zero attached hydrogens (tertiary/aromatic N) is 3. The Balaban J connectivity index is 1.77. The summed E-state index contributed by atoms with van der Waals surface area (Å²) < 4.78 is 6.91. The second-order valence-corrected chi connectivity index (χ2v) is 6.22. The number of anilines is 1. The fourth-order valence-corrected chi connectivity index (χ4v) is 2.47. The molecule has 0 saturated heterocycles. The minimum Gasteiger partial charge on any atom is -0.492 e. The zero-order chi connectivity index (χ0) is 18.7. The lowest BCUT2D eigenvalue weighted by atomic mass is 10.2. The number of nitrogens with one attached hydrogen (secondary N) is 2. The standard InChI is InChI=1S/C18H21N5O3/c1-12-9-16(24)23-17(20-12)15(11-19-23)18(25)21-13-5-4-6-14(10-13)26-8-7-22(2)3/h4-6,9-11,19H,7-8H2,1-3H3,(H,21,25). The van der Waals surface area contributed by atoms with Crippen LogP contribution in [0.3, 0.4) is 0 Å². The minimum atomic E-state index is -0.355. The zero-order valence-corrected chi connectivity index (χ0v) is 14.9. The molecule has 0 spiro atoms. The number of carbonyl (C=O) groups is 1. The molecule has 0 aliphatic heterocycles. The van der Waals surface area contributed by atoms with Crippen LogP contribution in [0.5, 0.6) is 5.75 Å². The SMILES string of the molecule is Cc1cc(=O)n2[nH]cc(C(=O)Nc3cccc(OCCN(C)C)c3)c2n1. The Morgan fingerprint density at radius 1 is 1.35 bits per heavy atom. The molecule has 0 unspecified atom stereocenters. The lowest BCUT2D eigenvalue weighted by molar-refractivity contribution is 0.102. The molecule has 3 rings (SSSR count). The molecule has 2 N–H and O–H groups in total. The van der Waals surface area contributed by atoms with Crippen LogP contribution in [0, 0.1) is 6.92 Å². The number of rotatable bonds is 6. The van der Waals surface area contributed by atoms with E-state index in [0.29, 0.717) is 34.9 Å². The van der Waals surface area contributed by atoms with E-state index < -0.39 is 0 Å². The maximum Gasteiger partial charge on any atom is 0.272 e. The normalized spacial score (nSPS) is 11.1. The first kappa shape index (κ1) is 17.7. The van der Waals surface area contributed by atoms with Gasteiger partial charge in [0.1, 0.15) is 17.9 Å². The maximum atomic E-state index is 12.6. The van der Waals surface area contributed by atoms with Crippen LogP contribution in [-0.2, 0) is 0 Å². The van der Waals surface area contributed by atoms with E-state index in [-0.39, 0.29) is 11.5 Å². The smallest absolute Gasteiger partial charge is 0.272 e. The van der Waals surface area contributed by atoms with E-state index in [9.17, 15) is 9.59 Å². The number of benzene rings is 1. The second kappa shape index (κ2) is 7.40. The van der Waals surface area contributed by atoms with Gasteiger partial charge >= 0.3 is 0 Å². The highest BCUT2D eigenvalue weighted by molar-refractivity contribution is 6.08. The summed E-state index contributed by atoms with van der Waals surface area (Å²) in [6, 6.07) is 8.58. The highest BCUT2D eigenvalue weighted by Crippen LogP contribution is 2.18. The number of carbonyl (C=O) groups excluding carboxylic acids is 1. The topological polar surface area (TPSA) is 91.7 Å². The number of aromatic amines is 1. The molecule has 8 nitrogen and oxygen atoms in total. The summed E-state index contributed by atoms with van der Waals surface area (Å²) in [6.45, 7) is 3.06. The molecule has 3 aromatic rings. The largest absolute Gasteiger partial charge is 0.492 e. The van der Waals surface area contributed by atoms with Crippen molar-refractivity contribution in [1.29, 1.82) is 0 Å². The number of amides is 1. The average Bonchev–Trinajstić information content (AvgIpc) is 2.99. The Bertz CT molecular complexity index is 990. The van der Waals surface area contributed by atoms with Crippen LogP contribution in [0.1, 0.15) is 16.1 Å². The number of hydrogen-bond acceptors (Lipinski definition) is 5. The van der Waals surface area contributed by atoms with Gasteiger partial charge in [-0.3, -0.25) is 14.7 Å². The monoisotopic (exact) mass is 355 g/mol. The second-order valence-electron chi connectivity index (χ2n) is 6.22. The predicted octanol–water partition coefficient (Wildman–Crippen LogP) is 1.52. The van der Waals surface area contributed by atoms with Gasteiger partial charge in [-0.15, -0.1) is 0 Å². The van der Waals surface area contributed by atoms with Gasteiger partial charge in [-0.2, -0.15) is 0 Å². The number of aryl methyl sites for hydroxylation is 1. The van der Waals surface area contributed by atoms with Crippen molar-refractivity contribution in [3.63, 3.8) is 0 Å². The molecule has 0 saturated carbocycles. The van der Waals surface area contributed by atoms with Crippen molar-refractivity contribution in [2.45, 2.75) is 6.92 Å². The molecule has 0 radical (unpaired) electrons. The molecule has 8 heteroatoms. The number of ether oxygens (including phenoxy) is 1. The Kier molecular flexibility index (Phi) is 5.04. The number of hydrogen-bond donors (Lipinski definition) is 2. The molecule has 136 valence electrons. The van der Waals surface area contributed by atoms with Crippen LogP contribution in [0.15, 0.2) is 41.3 Å². The van der Waals surface area contributed by atoms with Crippen LogP contribution in [0.25, 0.3) is 5.65 Å². The summed E-state index contributed by atoms with van der Waals surface area (Å²) in [4.78, 5) is 30.8. The average molecular weight is 355 g/mol. The van der Waals surface area contributed by atoms with Crippen LogP contribution in [0.2, 0.25) is 0 Å². The zero-order valence-electron chi connectivity index (χ0n) is 14.9. The number of H-pyrrole nitrogens is 1. The highest BCUT2D eigenvalue weighted by Gasteiger charge is 2.15. The van der Waals surface area contributed by atoms with Gasteiger partial charge in [-0.05, 0) is 33.2 Å². The summed E-state index contributed by atoms with van der Waals surface area (Å²) in [5, 5.41) is 5.56. The fraction of sp³-hybridized carbons (Fsp3) is 0.278. The molecule has 0 fully saturated rings. The molecule has 0 aliphatic carbocycles. The van der Waals surface area contributed by atoms with Gasteiger partial charge in [0.25, 0.3) is 11.5 Å². The van der Waals surface area contributed by atoms with Crippen molar-refractivity contribution in [1.82, 2.24) is 19.5 Å². The summed E-state index contributed by atoms with van der Waals surface area (Å²) in [6.07, 6.45) is 1.47. The van der Waals surface area contributed by atoms with E-state index >= 15 is 0 Å². The first-order valence-electron chi connectivity index (χ1n) is 8.21. The molecule has 2 heterocycles. The van der Waals surface area contributed by atoms with Gasteiger partial charge in [0.15, 0.2) is 5.65 Å². The van der Waals surface area contributed by atoms with Gasteiger partial charge < -0.3 is 15.0 Å². The van der Waals surface area contributed by atoms with E-state index in [2.05, 4.69) is 15.4 Å². The van der Waals surface area contributed by atoms with Crippen molar-refractivity contribution >= 4 is 17.2 Å². The Morgan fingerprint density at radius 2 is 2.15 bits per heavy atom. The van der Waals surface area contributed by atoms with E-state index in [1.165, 1.54) is 16.8 Å². The quantitative estimate of drug-likeness (QED) is 0.700. The molecule has 2 aromatic heterocycles. The Hall–Kier alpha value is -3.13. The van der Waals surface area contributed by atoms with E-state index in [0.717, 1.165) is 6.54 Å². The van der Waals surface area contributed by atoms with Gasteiger partial charge in [0.2, 0.25) is 0 Å². The third-order valence-electron chi connectivity index (χ3n) is 3.77. The number of fused-ring (bicyclic) bond motifs is 1. The lowest BCUT2D eigenvalue weighted by Gasteiger charge is -2.12. The first-order chi connectivity index (χ1) is 12.4. The van der Waals surface area contributed by atoms with Gasteiger partial charge in [0.05, 0.1) is 0 Å². The highest BCUT2D eigenvalue weighted by atomic mass is 16.5. The maximum absolute atomic E-state index is 12.6. The predicted molar refractivity (Wildman–Crippen MR) is 99.0 cm³/mol. The number of aromatic nitrogens is 3. The van der Waals surface area contributed by atoms with Crippen LogP contribution >= 0.6 is 0 Å². The molecule has 0 bridgehead atoms. The summed E-state index contributed by atoms with van der Waals surface area (Å²) in [5.74, 6) is 0.320. The molecule has 0 atom stereocenters. The van der Waals surface area contributed by atoms with Crippen molar-refractivity contribution in [2.75, 3.05) is 32.6 Å². The molecule has 1 amide bonds. The molecular weight excluding hydrogens is 334 g/mol. The van der Waals surface area contributed by atoms with Crippen molar-refractivity contribution in [2.24, 2.45) is 0 Å². The number of likely N-dealkylation sites (N-methyl/N-ethyl adjacent to an activating group) is 1. The lowest BCUT2D eigenvalue weighted by Crippen LogP contribution is -2.19. The summed E-state index contributed by atoms with van der Waals surface area (Å²) >= 11 is 0. The fourth-order valence-electron chi connectivity index (χ4n) is 2.47. The Morgan fingerprint density at radius 3 is 2.92 bits per heavy atom. The van der Waals surface area contributed by atoms with Gasteiger partial charge in [-0.1, -0.05) is 6.07 Å². The van der Waals surface area contributed by atoms with E-state index in [4.69, 9.17) is 4.74 Å². The molecule has 1 aromatic carbocycles. The van der Waals surface area contributed by atoms with Crippen molar-refractivity contribution in [3.8, 4) is 5.75 Å². The van der Waals surface area contributed by atoms with Crippen LogP contribution in [0.4, 0.5) is 5.69 Å². The van der Waals surface area contributed by atoms with Crippen LogP contribution in [-0.4, -0.2) is 52.7 Å². The molecular formula is C18H21N5O3. The van der Waals surface area contributed by atoms with E-state index in [1.807, 2.05) is 31.1 Å². The molecule has 26 heavy (non-hydrogen) atoms. The molecule has 0 aliphatic rings. The first-order valence-corrected chi connectivity index (χ1v) is 8.21. The third kappa shape index (κ3) is 3.92. The Labute approximate surface area is 150 Å². The third-order valence-corrected chi connectivity index (χ3v) is 3.77. The van der Waals surface area contributed by atoms with Crippen LogP contribution < -0.4 is 15.6 Å². The van der Waals surface area contributed by atoms with Crippen molar-refractivity contribution in [3.05, 3.63) is 58.1 Å². The minimum absolute atomic E-state index is 0.261. The van der Waals surface area contributed by atoms with Gasteiger partial charge in [0, 0.05) is 36.3 Å². The van der Waals surface area contributed by atoms with Crippen molar-refractivity contribution < 1.29 is 9.53 Å². The van der Waals surface area contributed by atoms with Gasteiger partial charge in [-0.25, -0.2) is 9.50 Å². The van der Waals surface area contributed by atoms with E-state index in [1.54, 1.807) is 19.1 Å².